The molecule has 5 atom stereocenters. The topological polar surface area (TPSA) is 87.7 Å². The fourth-order valence-electron chi connectivity index (χ4n) is 6.93. The third-order valence-electron chi connectivity index (χ3n) is 8.99. The fraction of sp³-hybridized carbons (Fsp3) is 0.469. The van der Waals surface area contributed by atoms with Crippen molar-refractivity contribution >= 4 is 23.4 Å². The van der Waals surface area contributed by atoms with Crippen LogP contribution in [0.1, 0.15) is 63.0 Å². The van der Waals surface area contributed by atoms with Crippen LogP contribution in [0.25, 0.3) is 0 Å². The summed E-state index contributed by atoms with van der Waals surface area (Å²) < 4.78 is 20.0. The van der Waals surface area contributed by atoms with E-state index in [0.29, 0.717) is 17.2 Å². The Hall–Kier alpha value is -3.52. The first-order valence-electron chi connectivity index (χ1n) is 14.4. The van der Waals surface area contributed by atoms with E-state index in [1.165, 1.54) is 17.0 Å². The van der Waals surface area contributed by atoms with Gasteiger partial charge in [-0.15, -0.1) is 0 Å². The summed E-state index contributed by atoms with van der Waals surface area (Å²) in [6.07, 6.45) is 8.11. The normalized spacial score (nSPS) is 29.2. The Morgan fingerprint density at radius 2 is 1.73 bits per heavy atom. The molecule has 3 amide bonds. The lowest BCUT2D eigenvalue weighted by Gasteiger charge is -2.34. The SMILES string of the molecule is CC(C)c1ccc(NC(=O)C2C3C=CC4(O3)C2C(=O)N(Cc2ccc(F)cc2)C4C(=O)NC2CCCCC2)cc1. The number of halogens is 1. The second kappa shape index (κ2) is 10.5. The zero-order valence-electron chi connectivity index (χ0n) is 22.9. The first kappa shape index (κ1) is 26.7. The van der Waals surface area contributed by atoms with E-state index in [1.807, 2.05) is 36.4 Å². The molecule has 6 rings (SSSR count). The van der Waals surface area contributed by atoms with Crippen molar-refractivity contribution in [3.05, 3.63) is 77.6 Å². The molecular weight excluding hydrogens is 509 g/mol. The predicted octanol–water partition coefficient (Wildman–Crippen LogP) is 4.69. The number of carbonyl (C=O) groups excluding carboxylic acids is 3. The lowest BCUT2D eigenvalue weighted by atomic mass is 9.74. The lowest BCUT2D eigenvalue weighted by Crippen LogP contribution is -2.56. The number of ether oxygens (including phenoxy) is 1. The summed E-state index contributed by atoms with van der Waals surface area (Å²) in [5.41, 5.74) is 1.28. The predicted molar refractivity (Wildman–Crippen MR) is 149 cm³/mol. The van der Waals surface area contributed by atoms with Crippen LogP contribution in [0.2, 0.25) is 0 Å². The Bertz CT molecular complexity index is 1320. The average Bonchev–Trinajstić information content (AvgIpc) is 3.58. The van der Waals surface area contributed by atoms with Crippen molar-refractivity contribution in [2.45, 2.75) is 82.2 Å². The molecule has 2 aromatic rings. The van der Waals surface area contributed by atoms with Gasteiger partial charge in [0.25, 0.3) is 0 Å². The van der Waals surface area contributed by atoms with Gasteiger partial charge in [-0.3, -0.25) is 14.4 Å². The quantitative estimate of drug-likeness (QED) is 0.495. The summed E-state index contributed by atoms with van der Waals surface area (Å²) >= 11 is 0. The van der Waals surface area contributed by atoms with E-state index < -0.39 is 29.6 Å². The zero-order chi connectivity index (χ0) is 28.0. The van der Waals surface area contributed by atoms with Gasteiger partial charge in [0, 0.05) is 18.3 Å². The number of hydrogen-bond donors (Lipinski definition) is 2. The van der Waals surface area contributed by atoms with Crippen LogP contribution in [0.4, 0.5) is 10.1 Å². The van der Waals surface area contributed by atoms with E-state index in [4.69, 9.17) is 4.74 Å². The minimum atomic E-state index is -1.23. The van der Waals surface area contributed by atoms with Crippen LogP contribution in [-0.4, -0.2) is 46.4 Å². The van der Waals surface area contributed by atoms with Gasteiger partial charge in [-0.1, -0.05) is 69.5 Å². The standard InChI is InChI=1S/C32H36FN3O4/c1-19(2)21-10-14-24(15-11-21)34-29(37)26-25-16-17-32(40-25)27(26)31(39)36(18-20-8-12-22(33)13-9-20)28(32)30(38)35-23-6-4-3-5-7-23/h8-17,19,23,25-28H,3-7,18H2,1-2H3,(H,34,37)(H,35,38). The molecular formula is C32H36FN3O4. The molecule has 2 bridgehead atoms. The van der Waals surface area contributed by atoms with E-state index in [0.717, 1.165) is 37.7 Å². The number of carbonyl (C=O) groups is 3. The van der Waals surface area contributed by atoms with E-state index in [9.17, 15) is 18.8 Å². The van der Waals surface area contributed by atoms with Gasteiger partial charge < -0.3 is 20.3 Å². The first-order chi connectivity index (χ1) is 19.3. The van der Waals surface area contributed by atoms with E-state index in [-0.39, 0.29) is 36.1 Å². The van der Waals surface area contributed by atoms with E-state index in [1.54, 1.807) is 12.1 Å². The van der Waals surface area contributed by atoms with Crippen LogP contribution >= 0.6 is 0 Å². The molecule has 1 saturated carbocycles. The molecule has 0 radical (unpaired) electrons. The molecule has 0 aromatic heterocycles. The number of nitrogens with zero attached hydrogens (tertiary/aromatic N) is 1. The van der Waals surface area contributed by atoms with Gasteiger partial charge in [-0.05, 0) is 54.2 Å². The molecule has 2 aromatic carbocycles. The van der Waals surface area contributed by atoms with Gasteiger partial charge in [-0.25, -0.2) is 4.39 Å². The van der Waals surface area contributed by atoms with Gasteiger partial charge in [0.2, 0.25) is 17.7 Å². The third kappa shape index (κ3) is 4.62. The van der Waals surface area contributed by atoms with Gasteiger partial charge in [-0.2, -0.15) is 0 Å². The summed E-state index contributed by atoms with van der Waals surface area (Å²) in [7, 11) is 0. The molecule has 2 saturated heterocycles. The maximum Gasteiger partial charge on any atom is 0.246 e. The molecule has 210 valence electrons. The molecule has 7 nitrogen and oxygen atoms in total. The smallest absolute Gasteiger partial charge is 0.246 e. The third-order valence-corrected chi connectivity index (χ3v) is 8.99. The largest absolute Gasteiger partial charge is 0.359 e. The van der Waals surface area contributed by atoms with Gasteiger partial charge in [0.05, 0.1) is 17.9 Å². The molecule has 1 aliphatic carbocycles. The van der Waals surface area contributed by atoms with E-state index in [2.05, 4.69) is 24.5 Å². The van der Waals surface area contributed by atoms with Crippen LogP contribution in [0.15, 0.2) is 60.7 Å². The van der Waals surface area contributed by atoms with Gasteiger partial charge in [0.1, 0.15) is 17.5 Å². The molecule has 5 unspecified atom stereocenters. The Kier molecular flexibility index (Phi) is 6.98. The van der Waals surface area contributed by atoms with Crippen molar-refractivity contribution in [1.82, 2.24) is 10.2 Å². The highest BCUT2D eigenvalue weighted by Gasteiger charge is 2.72. The van der Waals surface area contributed by atoms with Gasteiger partial charge in [0.15, 0.2) is 0 Å². The average molecular weight is 546 g/mol. The monoisotopic (exact) mass is 545 g/mol. The number of rotatable bonds is 7. The number of anilines is 1. The first-order valence-corrected chi connectivity index (χ1v) is 14.4. The second-order valence-corrected chi connectivity index (χ2v) is 11.9. The molecule has 3 aliphatic heterocycles. The van der Waals surface area contributed by atoms with Gasteiger partial charge >= 0.3 is 0 Å². The zero-order valence-corrected chi connectivity index (χ0v) is 22.9. The molecule has 4 aliphatic rings. The minimum Gasteiger partial charge on any atom is -0.359 e. The highest BCUT2D eigenvalue weighted by atomic mass is 19.1. The minimum absolute atomic E-state index is 0.0509. The van der Waals surface area contributed by atoms with Crippen molar-refractivity contribution in [2.75, 3.05) is 5.32 Å². The number of amides is 3. The Balaban J connectivity index is 1.30. The van der Waals surface area contributed by atoms with Crippen molar-refractivity contribution < 1.29 is 23.5 Å². The highest BCUT2D eigenvalue weighted by Crippen LogP contribution is 2.55. The molecule has 3 heterocycles. The number of hydrogen-bond acceptors (Lipinski definition) is 4. The number of nitrogens with one attached hydrogen (secondary N) is 2. The Morgan fingerprint density at radius 1 is 1.02 bits per heavy atom. The maximum absolute atomic E-state index is 14.1. The van der Waals surface area contributed by atoms with E-state index >= 15 is 0 Å². The molecule has 2 N–H and O–H groups in total. The maximum atomic E-state index is 14.1. The van der Waals surface area contributed by atoms with Crippen molar-refractivity contribution in [1.29, 1.82) is 0 Å². The summed E-state index contributed by atoms with van der Waals surface area (Å²) in [4.78, 5) is 43.2. The Morgan fingerprint density at radius 3 is 2.40 bits per heavy atom. The summed E-state index contributed by atoms with van der Waals surface area (Å²) in [6.45, 7) is 4.33. The number of likely N-dealkylation sites (tertiary alicyclic amines) is 1. The summed E-state index contributed by atoms with van der Waals surface area (Å²) in [6, 6.07) is 12.7. The summed E-state index contributed by atoms with van der Waals surface area (Å²) in [5.74, 6) is -2.47. The molecule has 8 heteroatoms. The Labute approximate surface area is 234 Å². The van der Waals surface area contributed by atoms with Crippen molar-refractivity contribution in [2.24, 2.45) is 11.8 Å². The van der Waals surface area contributed by atoms with Crippen LogP contribution in [0.5, 0.6) is 0 Å². The number of benzene rings is 2. The molecule has 3 fully saturated rings. The number of fused-ring (bicyclic) bond motifs is 1. The van der Waals surface area contributed by atoms with Crippen LogP contribution in [0.3, 0.4) is 0 Å². The fourth-order valence-corrected chi connectivity index (χ4v) is 6.93. The second-order valence-electron chi connectivity index (χ2n) is 11.9. The molecule has 1 spiro atoms. The van der Waals surface area contributed by atoms with Crippen LogP contribution in [0, 0.1) is 17.7 Å². The van der Waals surface area contributed by atoms with Crippen molar-refractivity contribution in [3.8, 4) is 0 Å². The van der Waals surface area contributed by atoms with Crippen molar-refractivity contribution in [3.63, 3.8) is 0 Å². The molecule has 40 heavy (non-hydrogen) atoms. The highest BCUT2D eigenvalue weighted by molar-refractivity contribution is 6.02. The van der Waals surface area contributed by atoms with Crippen LogP contribution in [-0.2, 0) is 25.7 Å². The van der Waals surface area contributed by atoms with Crippen LogP contribution < -0.4 is 10.6 Å². The lowest BCUT2D eigenvalue weighted by molar-refractivity contribution is -0.142. The summed E-state index contributed by atoms with van der Waals surface area (Å²) in [5, 5.41) is 6.17.